The first-order valence-electron chi connectivity index (χ1n) is 41.1. The third-order valence-electron chi connectivity index (χ3n) is 18.8. The lowest BCUT2D eigenvalue weighted by molar-refractivity contribution is -0.123. The Morgan fingerprint density at radius 3 is 0.581 bits per heavy atom. The molecule has 0 saturated carbocycles. The van der Waals surface area contributed by atoms with E-state index in [0.29, 0.717) is 229 Å². The highest BCUT2D eigenvalue weighted by atomic mass is 16.2. The first-order valence-corrected chi connectivity index (χ1v) is 41.1. The standard InChI is InChI=1S/C84H137N23O9.H3N/c1-2-93-76(108)21-46-102(47-22-77(109)94-38-30-85)55-58-105(52-27-82(114)99-43-35-90)64-70-12-3-67(4-13-70)9-18-73-61-74(19-10-68-5-14-71(15-6-68)65-106(53-28-83(115)100-44-36-91)59-56-103(48-23-78(110)95-39-31-86)49-24-79(111)96-40-32-87)63-75(62-73)20-11-69-7-16-72(17-8-69)66-107(54-29-84(116)101-45-37-92)60-57-104(50-25-80(112)97-41-33-88)51-26-81(113)98-42-34-89;/h3-20,61-63H,2,21-60,64-66,85-92H2,1H3,(H,93,108)(H,94,109)(H,95,110)(H,96,111)(H,97,112)(H,98,113)(H,99,114)(H,100,115)(H,101,116);1H3/b18-9+,19-10+,20-11+;. The molecule has 33 nitrogen and oxygen atoms in total. The van der Waals surface area contributed by atoms with Crippen molar-refractivity contribution in [3.63, 3.8) is 0 Å². The zero-order chi connectivity index (χ0) is 84.2. The lowest BCUT2D eigenvalue weighted by Crippen LogP contribution is -2.40. The maximum Gasteiger partial charge on any atom is 0.221 e. The van der Waals surface area contributed by atoms with Gasteiger partial charge in [0.15, 0.2) is 0 Å². The molecule has 0 aliphatic heterocycles. The van der Waals surface area contributed by atoms with Crippen LogP contribution in [-0.4, -0.2) is 292 Å². The number of carbonyl (C=O) groups is 9. The molecule has 4 rings (SSSR count). The Labute approximate surface area is 693 Å². The molecular formula is C84H140N24O9. The van der Waals surface area contributed by atoms with Crippen LogP contribution in [0.2, 0.25) is 0 Å². The first-order chi connectivity index (χ1) is 56.3. The fraction of sp³-hybridized carbons (Fsp3) is 0.536. The molecule has 0 atom stereocenters. The van der Waals surface area contributed by atoms with Crippen molar-refractivity contribution in [2.24, 2.45) is 45.9 Å². The molecule has 0 radical (unpaired) electrons. The van der Waals surface area contributed by atoms with Gasteiger partial charge in [0.05, 0.1) is 0 Å². The number of benzene rings is 4. The van der Waals surface area contributed by atoms with Crippen LogP contribution in [-0.2, 0) is 62.8 Å². The van der Waals surface area contributed by atoms with E-state index in [0.717, 1.165) is 50.1 Å². The van der Waals surface area contributed by atoms with E-state index in [9.17, 15) is 43.2 Å². The molecule has 0 unspecified atom stereocenters. The van der Waals surface area contributed by atoms with Gasteiger partial charge in [0.1, 0.15) is 0 Å². The molecular weight excluding hydrogens is 1490 g/mol. The van der Waals surface area contributed by atoms with E-state index in [1.54, 1.807) is 0 Å². The summed E-state index contributed by atoms with van der Waals surface area (Å²) in [6, 6.07) is 31.3. The molecule has 4 aromatic rings. The van der Waals surface area contributed by atoms with Gasteiger partial charge in [0.25, 0.3) is 0 Å². The number of hydrogen-bond acceptors (Lipinski definition) is 24. The minimum atomic E-state index is -0.124. The highest BCUT2D eigenvalue weighted by Crippen LogP contribution is 2.21. The first kappa shape index (κ1) is 102. The summed E-state index contributed by atoms with van der Waals surface area (Å²) in [5.41, 5.74) is 54.2. The van der Waals surface area contributed by atoms with E-state index >= 15 is 0 Å². The Bertz CT molecular complexity index is 3340. The number of amides is 9. The Morgan fingerprint density at radius 2 is 0.402 bits per heavy atom. The lowest BCUT2D eigenvalue weighted by Gasteiger charge is -2.28. The van der Waals surface area contributed by atoms with Gasteiger partial charge in [-0.3, -0.25) is 57.9 Å². The van der Waals surface area contributed by atoms with E-state index in [2.05, 4.69) is 205 Å². The number of nitrogens with one attached hydrogen (secondary N) is 9. The van der Waals surface area contributed by atoms with E-state index in [1.807, 2.05) is 6.92 Å². The predicted molar refractivity (Wildman–Crippen MR) is 469 cm³/mol. The molecule has 650 valence electrons. The second-order valence-corrected chi connectivity index (χ2v) is 28.3. The van der Waals surface area contributed by atoms with Gasteiger partial charge in [-0.25, -0.2) is 0 Å². The smallest absolute Gasteiger partial charge is 0.221 e. The van der Waals surface area contributed by atoms with E-state index in [1.165, 1.54) is 0 Å². The normalized spacial score (nSPS) is 11.5. The SMILES string of the molecule is CCNC(=O)CCN(CCC(=O)NCCN)CCN(CCC(=O)NCCN)Cc1ccc(/C=C/c2cc(/C=C/c3ccc(CN(CCC(=O)NCCN)CCN(CCC(=O)NCCN)CCC(=O)NCCN)cc3)cc(/C=C/c3ccc(CN(CCC(=O)NCCN)CCN(CCC(=O)NCCN)CCC(=O)NCCN)cc3)c2)cc1.N. The summed E-state index contributed by atoms with van der Waals surface area (Å²) in [6.45, 7) is 17.0. The molecule has 0 aliphatic carbocycles. The van der Waals surface area contributed by atoms with Crippen LogP contribution in [0.25, 0.3) is 36.5 Å². The lowest BCUT2D eigenvalue weighted by atomic mass is 10.0. The number of carbonyl (C=O) groups excluding carboxylic acids is 9. The maximum absolute atomic E-state index is 12.9. The van der Waals surface area contributed by atoms with Crippen molar-refractivity contribution in [2.45, 2.75) is 84.3 Å². The minimum Gasteiger partial charge on any atom is -0.356 e. The van der Waals surface area contributed by atoms with Gasteiger partial charge in [-0.2, -0.15) is 0 Å². The van der Waals surface area contributed by atoms with Gasteiger partial charge in [-0.15, -0.1) is 0 Å². The van der Waals surface area contributed by atoms with Crippen LogP contribution in [0.1, 0.15) is 115 Å². The van der Waals surface area contributed by atoms with E-state index in [-0.39, 0.29) is 117 Å². The van der Waals surface area contributed by atoms with Crippen LogP contribution in [0.4, 0.5) is 0 Å². The summed E-state index contributed by atoms with van der Waals surface area (Å²) in [6.07, 6.45) is 14.7. The second kappa shape index (κ2) is 63.8. The van der Waals surface area contributed by atoms with Gasteiger partial charge in [-0.05, 0) is 75.2 Å². The highest BCUT2D eigenvalue weighted by molar-refractivity contribution is 5.81. The van der Waals surface area contributed by atoms with Gasteiger partial charge in [0.2, 0.25) is 53.2 Å². The number of hydrogen-bond donors (Lipinski definition) is 18. The molecule has 0 aromatic heterocycles. The van der Waals surface area contributed by atoms with Crippen molar-refractivity contribution < 1.29 is 43.2 Å². The summed E-state index contributed by atoms with van der Waals surface area (Å²) >= 11 is 0. The Morgan fingerprint density at radius 1 is 0.239 bits per heavy atom. The van der Waals surface area contributed by atoms with Crippen LogP contribution in [0, 0.1) is 0 Å². The van der Waals surface area contributed by atoms with Gasteiger partial charge < -0.3 is 115 Å². The van der Waals surface area contributed by atoms with E-state index in [4.69, 9.17) is 45.9 Å². The van der Waals surface area contributed by atoms with Crippen molar-refractivity contribution in [3.8, 4) is 0 Å². The summed E-state index contributed by atoms with van der Waals surface area (Å²) in [4.78, 5) is 128. The largest absolute Gasteiger partial charge is 0.356 e. The Kier molecular flexibility index (Phi) is 55.6. The second-order valence-electron chi connectivity index (χ2n) is 28.3. The molecule has 4 aromatic carbocycles. The third-order valence-corrected chi connectivity index (χ3v) is 18.8. The molecule has 0 spiro atoms. The summed E-state index contributed by atoms with van der Waals surface area (Å²) in [5.74, 6) is -0.981. The predicted octanol–water partition coefficient (Wildman–Crippen LogP) is -1.08. The van der Waals surface area contributed by atoms with Crippen LogP contribution in [0.3, 0.4) is 0 Å². The van der Waals surface area contributed by atoms with Crippen LogP contribution >= 0.6 is 0 Å². The van der Waals surface area contributed by atoms with Gasteiger partial charge in [0, 0.05) is 287 Å². The summed E-state index contributed by atoms with van der Waals surface area (Å²) in [7, 11) is 0. The summed E-state index contributed by atoms with van der Waals surface area (Å²) < 4.78 is 0. The molecule has 0 fully saturated rings. The van der Waals surface area contributed by atoms with Crippen molar-refractivity contribution in [2.75, 3.05) is 209 Å². The van der Waals surface area contributed by atoms with Crippen molar-refractivity contribution >= 4 is 89.6 Å². The fourth-order valence-electron chi connectivity index (χ4n) is 12.2. The van der Waals surface area contributed by atoms with Gasteiger partial charge in [-0.1, -0.05) is 109 Å². The van der Waals surface area contributed by atoms with Crippen molar-refractivity contribution in [1.29, 1.82) is 0 Å². The number of rotatable bonds is 65. The molecule has 117 heavy (non-hydrogen) atoms. The Balaban J connectivity index is 0.0000354. The number of nitrogens with two attached hydrogens (primary N) is 8. The average Bonchev–Trinajstić information content (AvgIpc) is 0.851. The molecule has 28 N–H and O–H groups in total. The van der Waals surface area contributed by atoms with E-state index < -0.39 is 0 Å². The summed E-state index contributed by atoms with van der Waals surface area (Å²) in [5, 5.41) is 25.6. The van der Waals surface area contributed by atoms with Crippen LogP contribution in [0.5, 0.6) is 0 Å². The van der Waals surface area contributed by atoms with Crippen LogP contribution in [0.15, 0.2) is 91.0 Å². The molecule has 33 heteroatoms. The minimum absolute atomic E-state index is 0. The zero-order valence-corrected chi connectivity index (χ0v) is 69.4. The molecule has 0 heterocycles. The maximum atomic E-state index is 12.9. The third kappa shape index (κ3) is 48.9. The monoisotopic (exact) mass is 1630 g/mol. The van der Waals surface area contributed by atoms with Crippen LogP contribution < -0.4 is 99.9 Å². The zero-order valence-electron chi connectivity index (χ0n) is 69.4. The molecule has 0 aliphatic rings. The quantitative estimate of drug-likeness (QED) is 0.0234. The topological polar surface area (TPSA) is 524 Å². The highest BCUT2D eigenvalue weighted by Gasteiger charge is 2.20. The van der Waals surface area contributed by atoms with Crippen molar-refractivity contribution in [1.82, 2.24) is 83.4 Å². The fourth-order valence-corrected chi connectivity index (χ4v) is 12.2. The average molecular weight is 1630 g/mol. The molecule has 9 amide bonds. The molecule has 0 bridgehead atoms. The van der Waals surface area contributed by atoms with Gasteiger partial charge >= 0.3 is 0 Å². The number of nitrogens with zero attached hydrogens (tertiary/aromatic N) is 6. The molecule has 0 saturated heterocycles. The Hall–Kier alpha value is -9.27. The van der Waals surface area contributed by atoms with Crippen molar-refractivity contribution in [3.05, 3.63) is 141 Å².